The molecule has 0 radical (unpaired) electrons. The summed E-state index contributed by atoms with van der Waals surface area (Å²) in [6.07, 6.45) is 1.20. The fourth-order valence-corrected chi connectivity index (χ4v) is 3.59. The van der Waals surface area contributed by atoms with E-state index in [-0.39, 0.29) is 6.54 Å². The Balaban J connectivity index is 2.40. The van der Waals surface area contributed by atoms with Gasteiger partial charge in [0.1, 0.15) is 0 Å². The lowest BCUT2D eigenvalue weighted by molar-refractivity contribution is 0.0600. The third kappa shape index (κ3) is 3.94. The molecule has 24 heavy (non-hydrogen) atoms. The Labute approximate surface area is 142 Å². The van der Waals surface area contributed by atoms with Crippen LogP contribution in [0.15, 0.2) is 42.5 Å². The van der Waals surface area contributed by atoms with Gasteiger partial charge in [-0.25, -0.2) is 13.2 Å². The molecule has 0 unspecified atom stereocenters. The summed E-state index contributed by atoms with van der Waals surface area (Å²) in [7, 11) is -2.13. The summed E-state index contributed by atoms with van der Waals surface area (Å²) < 4.78 is 30.7. The Morgan fingerprint density at radius 3 is 2.04 bits per heavy atom. The number of carbonyl (C=O) groups excluding carboxylic acids is 1. The number of ether oxygens (including phenoxy) is 1. The van der Waals surface area contributed by atoms with Gasteiger partial charge in [-0.2, -0.15) is 0 Å². The Morgan fingerprint density at radius 2 is 1.58 bits per heavy atom. The Morgan fingerprint density at radius 1 is 1.04 bits per heavy atom. The van der Waals surface area contributed by atoms with E-state index in [2.05, 4.69) is 4.74 Å². The lowest BCUT2D eigenvalue weighted by Crippen LogP contribution is -2.30. The highest BCUT2D eigenvalue weighted by molar-refractivity contribution is 7.92. The van der Waals surface area contributed by atoms with E-state index in [9.17, 15) is 13.2 Å². The number of esters is 1. The molecule has 0 aliphatic rings. The second-order valence-corrected chi connectivity index (χ2v) is 7.61. The summed E-state index contributed by atoms with van der Waals surface area (Å²) in [6.45, 7) is 3.98. The third-order valence-corrected chi connectivity index (χ3v) is 4.90. The average molecular weight is 347 g/mol. The van der Waals surface area contributed by atoms with E-state index in [1.54, 1.807) is 24.3 Å². The summed E-state index contributed by atoms with van der Waals surface area (Å²) in [5.41, 5.74) is 3.70. The summed E-state index contributed by atoms with van der Waals surface area (Å²) >= 11 is 0. The number of benzene rings is 2. The van der Waals surface area contributed by atoms with Crippen molar-refractivity contribution in [2.24, 2.45) is 0 Å². The molecule has 0 atom stereocenters. The number of aryl methyl sites for hydroxylation is 2. The van der Waals surface area contributed by atoms with Crippen LogP contribution in [0.25, 0.3) is 0 Å². The highest BCUT2D eigenvalue weighted by atomic mass is 32.2. The van der Waals surface area contributed by atoms with Crippen molar-refractivity contribution < 1.29 is 17.9 Å². The normalized spacial score (nSPS) is 11.2. The molecular formula is C18H21NO4S. The molecule has 6 heteroatoms. The molecule has 0 spiro atoms. The molecule has 2 aromatic carbocycles. The molecule has 0 bridgehead atoms. The molecule has 2 aromatic rings. The van der Waals surface area contributed by atoms with Gasteiger partial charge >= 0.3 is 5.97 Å². The van der Waals surface area contributed by atoms with Crippen LogP contribution in [0, 0.1) is 13.8 Å². The first-order valence-corrected chi connectivity index (χ1v) is 9.30. The van der Waals surface area contributed by atoms with Crippen molar-refractivity contribution in [3.05, 3.63) is 64.7 Å². The van der Waals surface area contributed by atoms with Gasteiger partial charge in [0.25, 0.3) is 0 Å². The van der Waals surface area contributed by atoms with Gasteiger partial charge in [-0.15, -0.1) is 0 Å². The van der Waals surface area contributed by atoms with E-state index in [1.807, 2.05) is 32.0 Å². The first-order chi connectivity index (χ1) is 11.2. The Bertz CT molecular complexity index is 822. The van der Waals surface area contributed by atoms with Gasteiger partial charge in [-0.3, -0.25) is 4.31 Å². The van der Waals surface area contributed by atoms with Crippen LogP contribution >= 0.6 is 0 Å². The summed E-state index contributed by atoms with van der Waals surface area (Å²) in [5, 5.41) is 0. The van der Waals surface area contributed by atoms with Gasteiger partial charge in [0, 0.05) is 0 Å². The third-order valence-electron chi connectivity index (χ3n) is 3.79. The molecule has 0 saturated carbocycles. The molecule has 0 N–H and O–H groups in total. The number of hydrogen-bond donors (Lipinski definition) is 0. The quantitative estimate of drug-likeness (QED) is 0.780. The lowest BCUT2D eigenvalue weighted by Gasteiger charge is -2.26. The molecule has 0 aromatic heterocycles. The second kappa shape index (κ2) is 7.05. The molecule has 0 fully saturated rings. The molecule has 0 aliphatic carbocycles. The second-order valence-electron chi connectivity index (χ2n) is 5.70. The molecule has 0 heterocycles. The minimum Gasteiger partial charge on any atom is -0.465 e. The Kier molecular flexibility index (Phi) is 5.29. The largest absolute Gasteiger partial charge is 0.465 e. The fourth-order valence-electron chi connectivity index (χ4n) is 2.59. The lowest BCUT2D eigenvalue weighted by atomic mass is 10.1. The van der Waals surface area contributed by atoms with Crippen LogP contribution in [-0.4, -0.2) is 27.8 Å². The number of anilines is 1. The van der Waals surface area contributed by atoms with Crippen molar-refractivity contribution in [2.45, 2.75) is 20.4 Å². The number of rotatable bonds is 5. The van der Waals surface area contributed by atoms with Crippen LogP contribution in [0.1, 0.15) is 27.0 Å². The van der Waals surface area contributed by atoms with Gasteiger partial charge in [0.2, 0.25) is 10.0 Å². The summed E-state index contributed by atoms with van der Waals surface area (Å²) in [4.78, 5) is 11.5. The van der Waals surface area contributed by atoms with E-state index in [0.29, 0.717) is 11.3 Å². The molecule has 2 rings (SSSR count). The number of sulfonamides is 1. The average Bonchev–Trinajstić information content (AvgIpc) is 2.52. The first kappa shape index (κ1) is 18.0. The number of nitrogens with zero attached hydrogens (tertiary/aromatic N) is 1. The number of hydrogen-bond acceptors (Lipinski definition) is 4. The molecular weight excluding hydrogens is 326 g/mol. The standard InChI is InChI=1S/C18H21NO4S/c1-13-6-5-7-14(2)17(13)19(24(4,21)22)12-15-8-10-16(11-9-15)18(20)23-3/h5-11H,12H2,1-4H3. The van der Waals surface area contributed by atoms with Gasteiger partial charge in [-0.1, -0.05) is 30.3 Å². The molecule has 0 aliphatic heterocycles. The zero-order chi connectivity index (χ0) is 17.9. The van der Waals surface area contributed by atoms with Gasteiger partial charge in [0.05, 0.1) is 31.2 Å². The number of methoxy groups -OCH3 is 1. The minimum absolute atomic E-state index is 0.200. The Hall–Kier alpha value is -2.34. The highest BCUT2D eigenvalue weighted by Crippen LogP contribution is 2.28. The topological polar surface area (TPSA) is 63.7 Å². The molecule has 0 saturated heterocycles. The fraction of sp³-hybridized carbons (Fsp3) is 0.278. The number of para-hydroxylation sites is 1. The number of carbonyl (C=O) groups is 1. The van der Waals surface area contributed by atoms with E-state index in [0.717, 1.165) is 16.7 Å². The van der Waals surface area contributed by atoms with E-state index in [1.165, 1.54) is 17.7 Å². The van der Waals surface area contributed by atoms with Crippen LogP contribution in [0.5, 0.6) is 0 Å². The van der Waals surface area contributed by atoms with E-state index in [4.69, 9.17) is 0 Å². The van der Waals surface area contributed by atoms with Crippen LogP contribution < -0.4 is 4.31 Å². The molecule has 128 valence electrons. The maximum Gasteiger partial charge on any atom is 0.337 e. The van der Waals surface area contributed by atoms with Crippen LogP contribution in [0.4, 0.5) is 5.69 Å². The van der Waals surface area contributed by atoms with Gasteiger partial charge < -0.3 is 4.74 Å². The van der Waals surface area contributed by atoms with Crippen molar-refractivity contribution in [3.8, 4) is 0 Å². The van der Waals surface area contributed by atoms with Gasteiger partial charge in [0.15, 0.2) is 0 Å². The first-order valence-electron chi connectivity index (χ1n) is 7.45. The summed E-state index contributed by atoms with van der Waals surface area (Å²) in [6, 6.07) is 12.4. The molecule has 5 nitrogen and oxygen atoms in total. The van der Waals surface area contributed by atoms with Gasteiger partial charge in [-0.05, 0) is 42.7 Å². The maximum absolute atomic E-state index is 12.3. The molecule has 0 amide bonds. The highest BCUT2D eigenvalue weighted by Gasteiger charge is 2.21. The van der Waals surface area contributed by atoms with Crippen molar-refractivity contribution in [1.29, 1.82) is 0 Å². The zero-order valence-corrected chi connectivity index (χ0v) is 15.1. The van der Waals surface area contributed by atoms with Crippen molar-refractivity contribution >= 4 is 21.7 Å². The van der Waals surface area contributed by atoms with Crippen molar-refractivity contribution in [3.63, 3.8) is 0 Å². The van der Waals surface area contributed by atoms with Crippen LogP contribution in [0.3, 0.4) is 0 Å². The van der Waals surface area contributed by atoms with Crippen LogP contribution in [-0.2, 0) is 21.3 Å². The minimum atomic E-state index is -3.45. The summed E-state index contributed by atoms with van der Waals surface area (Å²) in [5.74, 6) is -0.420. The zero-order valence-electron chi connectivity index (χ0n) is 14.2. The van der Waals surface area contributed by atoms with Crippen molar-refractivity contribution in [2.75, 3.05) is 17.7 Å². The SMILES string of the molecule is COC(=O)c1ccc(CN(c2c(C)cccc2C)S(C)(=O)=O)cc1. The predicted molar refractivity (Wildman–Crippen MR) is 94.7 cm³/mol. The smallest absolute Gasteiger partial charge is 0.337 e. The van der Waals surface area contributed by atoms with E-state index < -0.39 is 16.0 Å². The monoisotopic (exact) mass is 347 g/mol. The van der Waals surface area contributed by atoms with Crippen molar-refractivity contribution in [1.82, 2.24) is 0 Å². The predicted octanol–water partition coefficient (Wildman–Crippen LogP) is 3.06. The van der Waals surface area contributed by atoms with E-state index >= 15 is 0 Å². The maximum atomic E-state index is 12.3. The van der Waals surface area contributed by atoms with Crippen LogP contribution in [0.2, 0.25) is 0 Å².